The molecule has 2 nitrogen and oxygen atoms in total. The number of rotatable bonds is 1. The summed E-state index contributed by atoms with van der Waals surface area (Å²) in [6.07, 6.45) is 3.67. The van der Waals surface area contributed by atoms with Crippen LogP contribution in [0, 0.1) is 11.8 Å². The number of hydrogen-bond acceptors (Lipinski definition) is 1. The van der Waals surface area contributed by atoms with Crippen LogP contribution in [0.5, 0.6) is 0 Å². The highest BCUT2D eigenvalue weighted by Crippen LogP contribution is 2.26. The van der Waals surface area contributed by atoms with Gasteiger partial charge >= 0.3 is 0 Å². The molecule has 0 saturated heterocycles. The molecule has 3 heteroatoms. The van der Waals surface area contributed by atoms with Gasteiger partial charge in [0.1, 0.15) is 5.65 Å². The van der Waals surface area contributed by atoms with E-state index < -0.39 is 0 Å². The van der Waals surface area contributed by atoms with Crippen molar-refractivity contribution in [2.75, 3.05) is 0 Å². The summed E-state index contributed by atoms with van der Waals surface area (Å²) in [4.78, 5) is 7.58. The molecule has 0 saturated carbocycles. The summed E-state index contributed by atoms with van der Waals surface area (Å²) in [5, 5.41) is 2.81. The number of hydrogen-bond donors (Lipinski definition) is 1. The zero-order valence-corrected chi connectivity index (χ0v) is 11.4. The molecule has 0 bridgehead atoms. The monoisotopic (exact) mass is 268 g/mol. The normalized spacial score (nSPS) is 10.6. The first-order valence-electron chi connectivity index (χ1n) is 6.34. The van der Waals surface area contributed by atoms with Gasteiger partial charge in [-0.3, -0.25) is 0 Å². The molecular formula is C16H13ClN2. The minimum atomic E-state index is 0.649. The van der Waals surface area contributed by atoms with Crippen molar-refractivity contribution in [2.45, 2.75) is 19.8 Å². The number of aromatic amines is 1. The predicted molar refractivity (Wildman–Crippen MR) is 80.4 cm³/mol. The average molecular weight is 269 g/mol. The Hall–Kier alpha value is -1.98. The van der Waals surface area contributed by atoms with E-state index in [0.29, 0.717) is 5.02 Å². The van der Waals surface area contributed by atoms with E-state index in [1.807, 2.05) is 18.2 Å². The van der Waals surface area contributed by atoms with E-state index in [1.54, 1.807) is 6.20 Å². The van der Waals surface area contributed by atoms with Gasteiger partial charge in [0, 0.05) is 34.5 Å². The Morgan fingerprint density at radius 1 is 1.26 bits per heavy atom. The molecular weight excluding hydrogens is 256 g/mol. The fourth-order valence-corrected chi connectivity index (χ4v) is 2.27. The van der Waals surface area contributed by atoms with Crippen molar-refractivity contribution in [2.24, 2.45) is 0 Å². The van der Waals surface area contributed by atoms with Crippen LogP contribution in [-0.4, -0.2) is 9.97 Å². The van der Waals surface area contributed by atoms with Crippen LogP contribution in [0.3, 0.4) is 0 Å². The number of nitrogens with one attached hydrogen (secondary N) is 1. The number of pyridine rings is 1. The number of aromatic nitrogens is 2. The Kier molecular flexibility index (Phi) is 3.15. The van der Waals surface area contributed by atoms with Crippen molar-refractivity contribution >= 4 is 33.5 Å². The summed E-state index contributed by atoms with van der Waals surface area (Å²) in [5.41, 5.74) is 2.95. The van der Waals surface area contributed by atoms with Crippen LogP contribution in [0.4, 0.5) is 0 Å². The third-order valence-electron chi connectivity index (χ3n) is 3.02. The van der Waals surface area contributed by atoms with E-state index in [0.717, 1.165) is 40.3 Å². The molecule has 0 aliphatic rings. The fraction of sp³-hybridized carbons (Fsp3) is 0.188. The van der Waals surface area contributed by atoms with Crippen LogP contribution in [-0.2, 0) is 0 Å². The maximum Gasteiger partial charge on any atom is 0.138 e. The van der Waals surface area contributed by atoms with Gasteiger partial charge in [0.25, 0.3) is 0 Å². The van der Waals surface area contributed by atoms with Crippen LogP contribution in [0.25, 0.3) is 21.9 Å². The van der Waals surface area contributed by atoms with Gasteiger partial charge in [0.05, 0.1) is 5.02 Å². The smallest absolute Gasteiger partial charge is 0.138 e. The molecule has 0 radical (unpaired) electrons. The molecule has 0 spiro atoms. The zero-order valence-electron chi connectivity index (χ0n) is 10.6. The Labute approximate surface area is 116 Å². The Morgan fingerprint density at radius 2 is 2.16 bits per heavy atom. The molecule has 1 N–H and O–H groups in total. The molecule has 2 aromatic heterocycles. The third kappa shape index (κ3) is 2.30. The van der Waals surface area contributed by atoms with Gasteiger partial charge in [-0.2, -0.15) is 0 Å². The molecule has 0 amide bonds. The second-order valence-electron chi connectivity index (χ2n) is 4.49. The summed E-state index contributed by atoms with van der Waals surface area (Å²) in [6, 6.07) is 8.10. The van der Waals surface area contributed by atoms with E-state index >= 15 is 0 Å². The van der Waals surface area contributed by atoms with Crippen LogP contribution in [0.1, 0.15) is 25.3 Å². The number of H-pyrrole nitrogens is 1. The van der Waals surface area contributed by atoms with Gasteiger partial charge < -0.3 is 4.98 Å². The molecule has 0 aliphatic heterocycles. The van der Waals surface area contributed by atoms with Crippen molar-refractivity contribution in [3.63, 3.8) is 0 Å². The molecule has 0 unspecified atom stereocenters. The van der Waals surface area contributed by atoms with Gasteiger partial charge in [0.2, 0.25) is 0 Å². The van der Waals surface area contributed by atoms with Crippen LogP contribution in [0.15, 0.2) is 30.5 Å². The van der Waals surface area contributed by atoms with Crippen LogP contribution >= 0.6 is 11.6 Å². The first-order valence-corrected chi connectivity index (χ1v) is 6.71. The highest BCUT2D eigenvalue weighted by atomic mass is 35.5. The standard InChI is InChI=1S/C16H13ClN2/c1-2-3-4-5-11-6-7-15-13(8-11)14-9-12(17)10-18-16(14)19-15/h6-10H,2-3H2,1H3,(H,18,19). The minimum Gasteiger partial charge on any atom is -0.339 e. The number of nitrogens with zero attached hydrogens (tertiary/aromatic N) is 1. The lowest BCUT2D eigenvalue weighted by Crippen LogP contribution is -1.75. The first kappa shape index (κ1) is 12.1. The van der Waals surface area contributed by atoms with Gasteiger partial charge in [-0.05, 0) is 30.7 Å². The first-order chi connectivity index (χ1) is 9.28. The average Bonchev–Trinajstić information content (AvgIpc) is 2.77. The number of benzene rings is 1. The van der Waals surface area contributed by atoms with Crippen molar-refractivity contribution in [1.29, 1.82) is 0 Å². The molecule has 0 fully saturated rings. The third-order valence-corrected chi connectivity index (χ3v) is 3.23. The fourth-order valence-electron chi connectivity index (χ4n) is 2.12. The van der Waals surface area contributed by atoms with Crippen molar-refractivity contribution < 1.29 is 0 Å². The molecule has 2 heterocycles. The number of halogens is 1. The number of fused-ring (bicyclic) bond motifs is 3. The van der Waals surface area contributed by atoms with E-state index in [1.165, 1.54) is 0 Å². The Morgan fingerprint density at radius 3 is 3.00 bits per heavy atom. The minimum absolute atomic E-state index is 0.649. The van der Waals surface area contributed by atoms with E-state index in [9.17, 15) is 0 Å². The topological polar surface area (TPSA) is 28.7 Å². The Balaban J connectivity index is 2.18. The largest absolute Gasteiger partial charge is 0.339 e. The van der Waals surface area contributed by atoms with E-state index in [2.05, 4.69) is 34.8 Å². The van der Waals surface area contributed by atoms with Crippen LogP contribution in [0.2, 0.25) is 5.02 Å². The molecule has 0 aliphatic carbocycles. The zero-order chi connectivity index (χ0) is 13.2. The lowest BCUT2D eigenvalue weighted by Gasteiger charge is -1.93. The summed E-state index contributed by atoms with van der Waals surface area (Å²) >= 11 is 6.01. The molecule has 94 valence electrons. The second-order valence-corrected chi connectivity index (χ2v) is 4.92. The second kappa shape index (κ2) is 4.95. The molecule has 3 rings (SSSR count). The summed E-state index contributed by atoms with van der Waals surface area (Å²) in [5.74, 6) is 6.36. The predicted octanol–water partition coefficient (Wildman–Crippen LogP) is 4.52. The Bertz CT molecular complexity index is 806. The maximum atomic E-state index is 6.01. The van der Waals surface area contributed by atoms with Crippen molar-refractivity contribution in [1.82, 2.24) is 9.97 Å². The summed E-state index contributed by atoms with van der Waals surface area (Å²) < 4.78 is 0. The highest BCUT2D eigenvalue weighted by molar-refractivity contribution is 6.31. The maximum absolute atomic E-state index is 6.01. The van der Waals surface area contributed by atoms with Gasteiger partial charge in [0.15, 0.2) is 0 Å². The highest BCUT2D eigenvalue weighted by Gasteiger charge is 2.06. The molecule has 1 aromatic carbocycles. The van der Waals surface area contributed by atoms with E-state index in [-0.39, 0.29) is 0 Å². The van der Waals surface area contributed by atoms with Gasteiger partial charge in [-0.25, -0.2) is 4.98 Å². The lowest BCUT2D eigenvalue weighted by molar-refractivity contribution is 0.983. The van der Waals surface area contributed by atoms with Crippen molar-refractivity contribution in [3.05, 3.63) is 41.0 Å². The summed E-state index contributed by atoms with van der Waals surface area (Å²) in [7, 11) is 0. The quantitative estimate of drug-likeness (QED) is 0.646. The SMILES string of the molecule is CCCC#Cc1ccc2[nH]c3ncc(Cl)cc3c2c1. The van der Waals surface area contributed by atoms with E-state index in [4.69, 9.17) is 11.6 Å². The summed E-state index contributed by atoms with van der Waals surface area (Å²) in [6.45, 7) is 2.13. The van der Waals surface area contributed by atoms with Crippen molar-refractivity contribution in [3.8, 4) is 11.8 Å². The van der Waals surface area contributed by atoms with Gasteiger partial charge in [-0.15, -0.1) is 0 Å². The molecule has 19 heavy (non-hydrogen) atoms. The van der Waals surface area contributed by atoms with Crippen LogP contribution < -0.4 is 0 Å². The lowest BCUT2D eigenvalue weighted by atomic mass is 10.1. The molecule has 0 atom stereocenters. The number of unbranched alkanes of at least 4 members (excludes halogenated alkanes) is 1. The van der Waals surface area contributed by atoms with Gasteiger partial charge in [-0.1, -0.05) is 30.4 Å². The molecule has 3 aromatic rings.